The molecule has 6 aromatic rings. The molecule has 2 unspecified atom stereocenters. The maximum Gasteiger partial charge on any atom is 0.411 e. The lowest BCUT2D eigenvalue weighted by Crippen LogP contribution is -2.66. The van der Waals surface area contributed by atoms with Crippen LogP contribution in [0.15, 0.2) is 158 Å². The largest absolute Gasteiger partial charge is 0.444 e. The van der Waals surface area contributed by atoms with Gasteiger partial charge in [0.05, 0.1) is 18.7 Å². The van der Waals surface area contributed by atoms with Crippen molar-refractivity contribution in [3.05, 3.63) is 214 Å². The first-order valence-corrected chi connectivity index (χ1v) is 31.7. The number of piperazine rings is 2. The zero-order valence-corrected chi connectivity index (χ0v) is 56.3. The van der Waals surface area contributed by atoms with Gasteiger partial charge in [-0.05, 0) is 178 Å². The van der Waals surface area contributed by atoms with Crippen LogP contribution in [0.5, 0.6) is 0 Å². The predicted octanol–water partition coefficient (Wildman–Crippen LogP) is 12.0. The Balaban J connectivity index is 0.000000249. The molecule has 6 aromatic carbocycles. The van der Waals surface area contributed by atoms with Crippen LogP contribution in [0.3, 0.4) is 0 Å². The van der Waals surface area contributed by atoms with Crippen LogP contribution in [-0.4, -0.2) is 152 Å². The van der Waals surface area contributed by atoms with Crippen molar-refractivity contribution in [1.82, 2.24) is 30.2 Å². The molecule has 18 nitrogen and oxygen atoms in total. The molecule has 0 spiro atoms. The molecule has 20 heteroatoms. The number of nitrogens with one attached hydrogen (secondary N) is 2. The summed E-state index contributed by atoms with van der Waals surface area (Å²) in [6.07, 6.45) is -2.86. The Morgan fingerprint density at radius 1 is 0.489 bits per heavy atom. The standard InChI is InChI=1S/C37H46FN3O6.C21H26FNO3.C16H22N2O3/c1-36(2,3)46-34(44)39-30(23-28-20-27(21-29(38)22-28)19-25-13-9-7-10-14-25)32(42)31-33(43)40(24-26-15-11-8-12-16-26)17-18-41(31)35(45)47-37(4,5)6;1-21(2,3)26-20(25)23-19(14-24)13-17-10-16(11-18(22)12-17)9-15-7-5-4-6-8-15;1-16(2,3)21-15(20)18-10-9-17(14(19)12-18)11-13-7-5-4-6-8-13/h7-16,20-22,30-32,42H,17-19,23-24H2,1-6H3,(H,39,44);4-8,10-12,19,24H,9,13-14H2,1-3H3,(H,23,25);4-8H,9-12H2,1-3H3/t30-,31?,32?;19-;/m00./s1. The Labute approximate surface area is 552 Å². The van der Waals surface area contributed by atoms with Gasteiger partial charge in [-0.3, -0.25) is 19.4 Å². The number of amides is 6. The zero-order valence-electron chi connectivity index (χ0n) is 56.3. The summed E-state index contributed by atoms with van der Waals surface area (Å²) in [6.45, 7) is 23.0. The monoisotopic (exact) mass is 1300 g/mol. The zero-order chi connectivity index (χ0) is 69.0. The SMILES string of the molecule is CC(C)(C)OC(=O)N1CCN(Cc2ccccc2)C(=O)C1.CC(C)(C)OC(=O)N[C@@H](Cc1cc(F)cc(Cc2ccccc2)c1)C(O)C1C(=O)N(Cc2ccccc2)CCN1C(=O)OC(C)(C)C.CC(C)(C)OC(=O)N[C@H](CO)Cc1cc(F)cc(Cc2ccccc2)c1. The molecule has 0 bridgehead atoms. The summed E-state index contributed by atoms with van der Waals surface area (Å²) in [5, 5.41) is 26.9. The molecule has 2 saturated heterocycles. The van der Waals surface area contributed by atoms with Crippen molar-refractivity contribution in [1.29, 1.82) is 0 Å². The molecule has 8 rings (SSSR count). The summed E-state index contributed by atoms with van der Waals surface area (Å²) in [5.74, 6) is -1.35. The van der Waals surface area contributed by atoms with Crippen LogP contribution in [0, 0.1) is 11.6 Å². The van der Waals surface area contributed by atoms with Gasteiger partial charge in [-0.1, -0.05) is 133 Å². The summed E-state index contributed by atoms with van der Waals surface area (Å²) in [4.78, 5) is 82.7. The Kier molecular flexibility index (Phi) is 26.7. The van der Waals surface area contributed by atoms with Gasteiger partial charge in [0, 0.05) is 39.3 Å². The average Bonchev–Trinajstić information content (AvgIpc) is 0.785. The maximum atomic E-state index is 15.0. The number of carbonyl (C=O) groups is 6. The number of ether oxygens (including phenoxy) is 4. The normalized spacial score (nSPS) is 15.4. The van der Waals surface area contributed by atoms with E-state index >= 15 is 0 Å². The minimum atomic E-state index is -1.61. The van der Waals surface area contributed by atoms with Crippen molar-refractivity contribution in [2.45, 2.75) is 168 Å². The molecule has 2 fully saturated rings. The third-order valence-electron chi connectivity index (χ3n) is 14.4. The molecular formula is C74H94F2N6O12. The van der Waals surface area contributed by atoms with Crippen LogP contribution in [-0.2, 0) is 67.3 Å². The fourth-order valence-corrected chi connectivity index (χ4v) is 10.4. The molecule has 6 amide bonds. The van der Waals surface area contributed by atoms with Crippen molar-refractivity contribution in [3.8, 4) is 0 Å². The number of nitrogens with zero attached hydrogens (tertiary/aromatic N) is 4. The van der Waals surface area contributed by atoms with Gasteiger partial charge in [-0.25, -0.2) is 28.0 Å². The number of halogens is 2. The van der Waals surface area contributed by atoms with E-state index in [4.69, 9.17) is 18.9 Å². The molecule has 2 heterocycles. The fourth-order valence-electron chi connectivity index (χ4n) is 10.4. The Morgan fingerprint density at radius 3 is 1.32 bits per heavy atom. The molecule has 4 atom stereocenters. The van der Waals surface area contributed by atoms with Gasteiger partial charge in [-0.15, -0.1) is 0 Å². The number of hydrogen-bond acceptors (Lipinski definition) is 12. The Hall–Kier alpha value is -8.88. The first kappa shape index (κ1) is 74.2. The molecule has 2 aliphatic rings. The molecule has 0 aliphatic carbocycles. The third-order valence-corrected chi connectivity index (χ3v) is 14.4. The smallest absolute Gasteiger partial charge is 0.411 e. The van der Waals surface area contributed by atoms with Gasteiger partial charge in [0.25, 0.3) is 0 Å². The number of aliphatic hydroxyl groups excluding tert-OH is 2. The van der Waals surface area contributed by atoms with Crippen LogP contribution in [0.1, 0.15) is 128 Å². The highest BCUT2D eigenvalue weighted by atomic mass is 19.1. The van der Waals surface area contributed by atoms with E-state index in [1.54, 1.807) is 72.1 Å². The number of rotatable bonds is 17. The first-order valence-electron chi connectivity index (χ1n) is 31.7. The molecule has 0 aromatic heterocycles. The third kappa shape index (κ3) is 25.9. The first-order chi connectivity index (χ1) is 44.2. The van der Waals surface area contributed by atoms with Crippen molar-refractivity contribution >= 4 is 36.2 Å². The minimum Gasteiger partial charge on any atom is -0.444 e. The molecule has 506 valence electrons. The topological polar surface area (TPSA) is 217 Å². The molecule has 2 aliphatic heterocycles. The van der Waals surface area contributed by atoms with E-state index < -0.39 is 82.7 Å². The van der Waals surface area contributed by atoms with E-state index in [-0.39, 0.29) is 50.9 Å². The second-order valence-electron chi connectivity index (χ2n) is 27.5. The van der Waals surface area contributed by atoms with Gasteiger partial charge in [0.1, 0.15) is 52.7 Å². The van der Waals surface area contributed by atoms with E-state index in [2.05, 4.69) is 10.6 Å². The number of carbonyl (C=O) groups excluding carboxylic acids is 6. The highest BCUT2D eigenvalue weighted by Gasteiger charge is 2.46. The fraction of sp³-hybridized carbons (Fsp3) is 0.432. The van der Waals surface area contributed by atoms with Gasteiger partial charge in [0.2, 0.25) is 11.8 Å². The van der Waals surface area contributed by atoms with Crippen LogP contribution in [0.4, 0.5) is 28.0 Å². The second-order valence-corrected chi connectivity index (χ2v) is 27.5. The lowest BCUT2D eigenvalue weighted by atomic mass is 9.92. The number of aliphatic hydroxyl groups is 2. The van der Waals surface area contributed by atoms with E-state index in [1.807, 2.05) is 154 Å². The van der Waals surface area contributed by atoms with Crippen molar-refractivity contribution in [3.63, 3.8) is 0 Å². The summed E-state index contributed by atoms with van der Waals surface area (Å²) in [7, 11) is 0. The predicted molar refractivity (Wildman–Crippen MR) is 356 cm³/mol. The van der Waals surface area contributed by atoms with Crippen molar-refractivity contribution in [2.75, 3.05) is 39.3 Å². The van der Waals surface area contributed by atoms with E-state index in [1.165, 1.54) is 34.1 Å². The van der Waals surface area contributed by atoms with Gasteiger partial charge < -0.3 is 49.6 Å². The molecule has 94 heavy (non-hydrogen) atoms. The van der Waals surface area contributed by atoms with Crippen molar-refractivity contribution < 1.29 is 66.7 Å². The number of benzene rings is 6. The van der Waals surface area contributed by atoms with Gasteiger partial charge >= 0.3 is 24.4 Å². The second kappa shape index (κ2) is 33.8. The molecule has 4 N–H and O–H groups in total. The quantitative estimate of drug-likeness (QED) is 0.0627. The van der Waals surface area contributed by atoms with E-state index in [0.717, 1.165) is 27.8 Å². The summed E-state index contributed by atoms with van der Waals surface area (Å²) < 4.78 is 50.6. The number of alkyl carbamates (subject to hydrolysis) is 2. The minimum absolute atomic E-state index is 0.0454. The van der Waals surface area contributed by atoms with Crippen LogP contribution < -0.4 is 10.6 Å². The molecule has 0 saturated carbocycles. The molecular weight excluding hydrogens is 1200 g/mol. The molecule has 0 radical (unpaired) electrons. The van der Waals surface area contributed by atoms with Crippen LogP contribution in [0.2, 0.25) is 0 Å². The number of hydrogen-bond donors (Lipinski definition) is 4. The van der Waals surface area contributed by atoms with Crippen molar-refractivity contribution in [2.24, 2.45) is 0 Å². The van der Waals surface area contributed by atoms with Gasteiger partial charge in [0.15, 0.2) is 0 Å². The van der Waals surface area contributed by atoms with Crippen LogP contribution in [0.25, 0.3) is 0 Å². The van der Waals surface area contributed by atoms with Gasteiger partial charge in [-0.2, -0.15) is 0 Å². The summed E-state index contributed by atoms with van der Waals surface area (Å²) in [6, 6.07) is 45.0. The van der Waals surface area contributed by atoms with Crippen LogP contribution >= 0.6 is 0 Å². The van der Waals surface area contributed by atoms with E-state index in [9.17, 15) is 47.8 Å². The van der Waals surface area contributed by atoms with E-state index in [0.29, 0.717) is 55.6 Å². The maximum absolute atomic E-state index is 15.0. The summed E-state index contributed by atoms with van der Waals surface area (Å²) in [5.41, 5.74) is 3.95. The Morgan fingerprint density at radius 2 is 0.883 bits per heavy atom. The highest BCUT2D eigenvalue weighted by molar-refractivity contribution is 5.88. The Bertz CT molecular complexity index is 3430. The summed E-state index contributed by atoms with van der Waals surface area (Å²) >= 11 is 0. The lowest BCUT2D eigenvalue weighted by molar-refractivity contribution is -0.148. The average molecular weight is 1300 g/mol. The highest BCUT2D eigenvalue weighted by Crippen LogP contribution is 2.26. The lowest BCUT2D eigenvalue weighted by Gasteiger charge is -2.44.